The summed E-state index contributed by atoms with van der Waals surface area (Å²) in [5.74, 6) is 0.755. The van der Waals surface area contributed by atoms with Gasteiger partial charge in [0.1, 0.15) is 11.5 Å². The lowest BCUT2D eigenvalue weighted by Gasteiger charge is -2.36. The molecule has 0 radical (unpaired) electrons. The highest BCUT2D eigenvalue weighted by Gasteiger charge is 2.32. The molecule has 4 aromatic rings. The molecule has 0 bridgehead atoms. The van der Waals surface area contributed by atoms with Crippen molar-refractivity contribution in [3.05, 3.63) is 93.5 Å². The van der Waals surface area contributed by atoms with Gasteiger partial charge < -0.3 is 9.88 Å². The van der Waals surface area contributed by atoms with Crippen molar-refractivity contribution >= 4 is 17.2 Å². The highest BCUT2D eigenvalue weighted by molar-refractivity contribution is 7.11. The molecule has 1 aromatic carbocycles. The molecule has 3 aromatic heterocycles. The van der Waals surface area contributed by atoms with Gasteiger partial charge in [-0.25, -0.2) is 4.98 Å². The Morgan fingerprint density at radius 1 is 1.16 bits per heavy atom. The van der Waals surface area contributed by atoms with Crippen molar-refractivity contribution in [2.24, 2.45) is 7.05 Å². The highest BCUT2D eigenvalue weighted by Crippen LogP contribution is 2.33. The Morgan fingerprint density at radius 3 is 2.72 bits per heavy atom. The molecule has 1 aliphatic rings. The van der Waals surface area contributed by atoms with Gasteiger partial charge in [-0.15, -0.1) is 11.3 Å². The summed E-state index contributed by atoms with van der Waals surface area (Å²) in [6, 6.07) is 14.8. The summed E-state index contributed by atoms with van der Waals surface area (Å²) < 4.78 is 3.86. The Labute approximate surface area is 191 Å². The van der Waals surface area contributed by atoms with Crippen LogP contribution in [-0.2, 0) is 26.7 Å². The number of nitrogens with zero attached hydrogens (tertiary/aromatic N) is 5. The van der Waals surface area contributed by atoms with Crippen LogP contribution in [0.5, 0.6) is 0 Å². The van der Waals surface area contributed by atoms with Crippen molar-refractivity contribution in [3.8, 4) is 0 Å². The first-order chi connectivity index (χ1) is 15.6. The van der Waals surface area contributed by atoms with E-state index in [-0.39, 0.29) is 11.9 Å². The third-order valence-corrected chi connectivity index (χ3v) is 6.74. The Kier molecular flexibility index (Phi) is 5.63. The van der Waals surface area contributed by atoms with Crippen LogP contribution in [0.3, 0.4) is 0 Å². The van der Waals surface area contributed by atoms with Crippen molar-refractivity contribution in [1.82, 2.24) is 29.5 Å². The van der Waals surface area contributed by atoms with Gasteiger partial charge >= 0.3 is 0 Å². The maximum atomic E-state index is 12.8. The van der Waals surface area contributed by atoms with Crippen LogP contribution in [0.25, 0.3) is 0 Å². The number of aromatic nitrogens is 4. The van der Waals surface area contributed by atoms with Crippen molar-refractivity contribution in [3.63, 3.8) is 0 Å². The minimum Gasteiger partial charge on any atom is -0.346 e. The predicted octanol–water partition coefficient (Wildman–Crippen LogP) is 3.52. The maximum Gasteiger partial charge on any atom is 0.271 e. The number of benzene rings is 1. The van der Waals surface area contributed by atoms with Crippen LogP contribution >= 0.6 is 11.3 Å². The molecule has 1 amide bonds. The average molecular weight is 447 g/mol. The standard InChI is InChI=1S/C24H26N6OS/c1-17-8-9-20(32-17)15-29-10-11-30-16-21(24(31)25-12-18-13-26-28(2)14-18)27-23(30)22(29)19-6-4-3-5-7-19/h3-9,13-14,16,22H,10-12,15H2,1-2H3,(H,25,31). The molecule has 0 fully saturated rings. The van der Waals surface area contributed by atoms with Crippen LogP contribution in [0.2, 0.25) is 0 Å². The van der Waals surface area contributed by atoms with E-state index in [2.05, 4.69) is 63.2 Å². The van der Waals surface area contributed by atoms with Crippen LogP contribution in [0, 0.1) is 6.92 Å². The quantitative estimate of drug-likeness (QED) is 0.492. The minimum atomic E-state index is -0.164. The zero-order valence-corrected chi connectivity index (χ0v) is 19.0. The lowest BCUT2D eigenvalue weighted by Crippen LogP contribution is -2.38. The minimum absolute atomic E-state index is 0.00669. The summed E-state index contributed by atoms with van der Waals surface area (Å²) in [7, 11) is 1.86. The first-order valence-electron chi connectivity index (χ1n) is 10.7. The van der Waals surface area contributed by atoms with E-state index in [4.69, 9.17) is 4.98 Å². The second-order valence-electron chi connectivity index (χ2n) is 8.18. The molecular formula is C24H26N6OS. The summed E-state index contributed by atoms with van der Waals surface area (Å²) in [6.45, 7) is 5.15. The molecule has 1 aliphatic heterocycles. The third-order valence-electron chi connectivity index (χ3n) is 5.76. The van der Waals surface area contributed by atoms with E-state index in [1.54, 1.807) is 10.9 Å². The van der Waals surface area contributed by atoms with Crippen molar-refractivity contribution in [2.45, 2.75) is 32.6 Å². The molecular weight excluding hydrogens is 420 g/mol. The van der Waals surface area contributed by atoms with E-state index in [1.165, 1.54) is 15.3 Å². The second-order valence-corrected chi connectivity index (χ2v) is 9.55. The number of carbonyl (C=O) groups excluding carboxylic acids is 1. The Bertz CT molecular complexity index is 1220. The van der Waals surface area contributed by atoms with Gasteiger partial charge in [0, 0.05) is 60.9 Å². The van der Waals surface area contributed by atoms with E-state index < -0.39 is 0 Å². The van der Waals surface area contributed by atoms with Crippen molar-refractivity contribution in [2.75, 3.05) is 6.54 Å². The maximum absolute atomic E-state index is 12.8. The summed E-state index contributed by atoms with van der Waals surface area (Å²) >= 11 is 1.84. The first kappa shape index (κ1) is 20.7. The number of thiophene rings is 1. The Balaban J connectivity index is 1.41. The van der Waals surface area contributed by atoms with Crippen LogP contribution in [-0.4, -0.2) is 36.7 Å². The predicted molar refractivity (Wildman–Crippen MR) is 124 cm³/mol. The van der Waals surface area contributed by atoms with E-state index >= 15 is 0 Å². The smallest absolute Gasteiger partial charge is 0.271 e. The number of carbonyl (C=O) groups is 1. The third kappa shape index (κ3) is 4.24. The van der Waals surface area contributed by atoms with E-state index in [9.17, 15) is 4.79 Å². The molecule has 7 nitrogen and oxygen atoms in total. The topological polar surface area (TPSA) is 68.0 Å². The van der Waals surface area contributed by atoms with E-state index in [0.717, 1.165) is 31.0 Å². The number of amides is 1. The van der Waals surface area contributed by atoms with Gasteiger partial charge in [-0.2, -0.15) is 5.10 Å². The molecule has 0 aliphatic carbocycles. The largest absolute Gasteiger partial charge is 0.346 e. The number of aryl methyl sites for hydroxylation is 2. The molecule has 32 heavy (non-hydrogen) atoms. The van der Waals surface area contributed by atoms with Crippen molar-refractivity contribution < 1.29 is 4.79 Å². The molecule has 0 saturated heterocycles. The Hall–Kier alpha value is -3.23. The number of fused-ring (bicyclic) bond motifs is 1. The Morgan fingerprint density at radius 2 is 2.00 bits per heavy atom. The zero-order chi connectivity index (χ0) is 22.1. The van der Waals surface area contributed by atoms with Gasteiger partial charge in [-0.05, 0) is 24.6 Å². The number of rotatable bonds is 6. The fraction of sp³-hybridized carbons (Fsp3) is 0.292. The molecule has 0 saturated carbocycles. The molecule has 1 N–H and O–H groups in total. The van der Waals surface area contributed by atoms with Crippen LogP contribution in [0.4, 0.5) is 0 Å². The second kappa shape index (κ2) is 8.72. The fourth-order valence-corrected chi connectivity index (χ4v) is 5.15. The van der Waals surface area contributed by atoms with Gasteiger partial charge in [-0.3, -0.25) is 14.4 Å². The summed E-state index contributed by atoms with van der Waals surface area (Å²) in [4.78, 5) is 22.8. The average Bonchev–Trinajstić information content (AvgIpc) is 3.52. The molecule has 164 valence electrons. The van der Waals surface area contributed by atoms with E-state index in [1.807, 2.05) is 36.8 Å². The van der Waals surface area contributed by atoms with Crippen molar-refractivity contribution in [1.29, 1.82) is 0 Å². The highest BCUT2D eigenvalue weighted by atomic mass is 32.1. The monoisotopic (exact) mass is 446 g/mol. The van der Waals surface area contributed by atoms with Gasteiger partial charge in [0.25, 0.3) is 5.91 Å². The molecule has 5 rings (SSSR count). The van der Waals surface area contributed by atoms with Crippen LogP contribution in [0.15, 0.2) is 61.1 Å². The molecule has 8 heteroatoms. The SMILES string of the molecule is Cc1ccc(CN2CCn3cc(C(=O)NCc4cnn(C)c4)nc3C2c2ccccc2)s1. The summed E-state index contributed by atoms with van der Waals surface area (Å²) in [5, 5.41) is 7.12. The molecule has 4 heterocycles. The summed E-state index contributed by atoms with van der Waals surface area (Å²) in [6.07, 6.45) is 5.54. The van der Waals surface area contributed by atoms with Gasteiger partial charge in [0.15, 0.2) is 0 Å². The lowest BCUT2D eigenvalue weighted by molar-refractivity contribution is 0.0946. The lowest BCUT2D eigenvalue weighted by atomic mass is 10.0. The molecule has 0 spiro atoms. The zero-order valence-electron chi connectivity index (χ0n) is 18.2. The molecule has 1 atom stereocenters. The number of imidazole rings is 1. The number of hydrogen-bond acceptors (Lipinski definition) is 5. The first-order valence-corrected chi connectivity index (χ1v) is 11.6. The normalized spacial score (nSPS) is 16.1. The summed E-state index contributed by atoms with van der Waals surface area (Å²) in [5.41, 5.74) is 2.61. The number of hydrogen-bond donors (Lipinski definition) is 1. The van der Waals surface area contributed by atoms with Crippen LogP contribution < -0.4 is 5.32 Å². The van der Waals surface area contributed by atoms with Gasteiger partial charge in [0.2, 0.25) is 0 Å². The van der Waals surface area contributed by atoms with Gasteiger partial charge in [0.05, 0.1) is 12.2 Å². The molecule has 1 unspecified atom stereocenters. The van der Waals surface area contributed by atoms with Crippen LogP contribution in [0.1, 0.15) is 43.2 Å². The number of nitrogens with one attached hydrogen (secondary N) is 1. The fourth-order valence-electron chi connectivity index (χ4n) is 4.24. The van der Waals surface area contributed by atoms with Gasteiger partial charge in [-0.1, -0.05) is 30.3 Å². The van der Waals surface area contributed by atoms with E-state index in [0.29, 0.717) is 12.2 Å².